The van der Waals surface area contributed by atoms with Crippen LogP contribution in [0, 0.1) is 0 Å². The Labute approximate surface area is 115 Å². The molecule has 0 radical (unpaired) electrons. The number of amides is 1. The monoisotopic (exact) mass is 264 g/mol. The molecule has 0 aliphatic heterocycles. The number of methoxy groups -OCH3 is 1. The van der Waals surface area contributed by atoms with Crippen molar-refractivity contribution in [3.63, 3.8) is 0 Å². The lowest BCUT2D eigenvalue weighted by atomic mass is 10.2. The zero-order valence-corrected chi connectivity index (χ0v) is 12.3. The summed E-state index contributed by atoms with van der Waals surface area (Å²) in [6, 6.07) is 8.01. The van der Waals surface area contributed by atoms with Crippen molar-refractivity contribution in [1.82, 2.24) is 10.2 Å². The third-order valence-corrected chi connectivity index (χ3v) is 3.04. The first kappa shape index (κ1) is 15.5. The van der Waals surface area contributed by atoms with Crippen LogP contribution in [0.25, 0.3) is 0 Å². The van der Waals surface area contributed by atoms with E-state index in [1.165, 1.54) is 0 Å². The summed E-state index contributed by atoms with van der Waals surface area (Å²) in [4.78, 5) is 13.8. The van der Waals surface area contributed by atoms with Gasteiger partial charge in [0.1, 0.15) is 5.75 Å². The topological polar surface area (TPSA) is 41.6 Å². The number of ether oxygens (including phenoxy) is 1. The fraction of sp³-hybridized carbons (Fsp3) is 0.533. The van der Waals surface area contributed by atoms with Crippen LogP contribution in [0.4, 0.5) is 0 Å². The standard InChI is InChI=1S/C15H24N2O2/c1-5-16-12(2)10-15(18)17(3)11-13-6-8-14(19-4)9-7-13/h6-9,12,16H,5,10-11H2,1-4H3. The minimum absolute atomic E-state index is 0.157. The Bertz CT molecular complexity index is 390. The molecule has 1 rings (SSSR count). The van der Waals surface area contributed by atoms with E-state index in [2.05, 4.69) is 5.32 Å². The second-order valence-electron chi connectivity index (χ2n) is 4.76. The SMILES string of the molecule is CCNC(C)CC(=O)N(C)Cc1ccc(OC)cc1. The molecule has 0 saturated carbocycles. The summed E-state index contributed by atoms with van der Waals surface area (Å²) in [5, 5.41) is 3.25. The van der Waals surface area contributed by atoms with Gasteiger partial charge in [0, 0.05) is 26.1 Å². The van der Waals surface area contributed by atoms with Crippen LogP contribution >= 0.6 is 0 Å². The van der Waals surface area contributed by atoms with Crippen LogP contribution < -0.4 is 10.1 Å². The maximum Gasteiger partial charge on any atom is 0.224 e. The molecule has 0 spiro atoms. The Hall–Kier alpha value is -1.55. The summed E-state index contributed by atoms with van der Waals surface area (Å²) in [6.07, 6.45) is 0.528. The number of nitrogens with one attached hydrogen (secondary N) is 1. The van der Waals surface area contributed by atoms with Crippen molar-refractivity contribution >= 4 is 5.91 Å². The maximum atomic E-state index is 12.0. The van der Waals surface area contributed by atoms with Gasteiger partial charge in [-0.15, -0.1) is 0 Å². The Morgan fingerprint density at radius 1 is 1.37 bits per heavy atom. The van der Waals surface area contributed by atoms with Gasteiger partial charge in [-0.1, -0.05) is 19.1 Å². The molecule has 0 saturated heterocycles. The molecule has 0 fully saturated rings. The van der Waals surface area contributed by atoms with E-state index in [4.69, 9.17) is 4.74 Å². The molecule has 0 heterocycles. The van der Waals surface area contributed by atoms with Gasteiger partial charge in [0.2, 0.25) is 5.91 Å². The number of rotatable bonds is 7. The van der Waals surface area contributed by atoms with Crippen LogP contribution in [0.15, 0.2) is 24.3 Å². The number of benzene rings is 1. The largest absolute Gasteiger partial charge is 0.497 e. The zero-order chi connectivity index (χ0) is 14.3. The summed E-state index contributed by atoms with van der Waals surface area (Å²) in [7, 11) is 3.48. The van der Waals surface area contributed by atoms with Crippen LogP contribution in [-0.2, 0) is 11.3 Å². The first-order valence-corrected chi connectivity index (χ1v) is 6.67. The highest BCUT2D eigenvalue weighted by Gasteiger charge is 2.12. The van der Waals surface area contributed by atoms with E-state index >= 15 is 0 Å². The predicted molar refractivity (Wildman–Crippen MR) is 77.2 cm³/mol. The maximum absolute atomic E-state index is 12.0. The number of nitrogens with zero attached hydrogens (tertiary/aromatic N) is 1. The molecule has 4 heteroatoms. The first-order valence-electron chi connectivity index (χ1n) is 6.67. The van der Waals surface area contributed by atoms with E-state index in [0.717, 1.165) is 17.9 Å². The quantitative estimate of drug-likeness (QED) is 0.819. The van der Waals surface area contributed by atoms with Crippen molar-refractivity contribution in [2.45, 2.75) is 32.9 Å². The smallest absolute Gasteiger partial charge is 0.224 e. The minimum Gasteiger partial charge on any atom is -0.497 e. The van der Waals surface area contributed by atoms with E-state index < -0.39 is 0 Å². The molecule has 19 heavy (non-hydrogen) atoms. The van der Waals surface area contributed by atoms with Gasteiger partial charge in [0.25, 0.3) is 0 Å². The molecule has 1 atom stereocenters. The molecular weight excluding hydrogens is 240 g/mol. The van der Waals surface area contributed by atoms with Crippen molar-refractivity contribution in [2.24, 2.45) is 0 Å². The number of hydrogen-bond acceptors (Lipinski definition) is 3. The van der Waals surface area contributed by atoms with Crippen LogP contribution in [0.1, 0.15) is 25.8 Å². The number of carbonyl (C=O) groups excluding carboxylic acids is 1. The van der Waals surface area contributed by atoms with Crippen molar-refractivity contribution in [1.29, 1.82) is 0 Å². The summed E-state index contributed by atoms with van der Waals surface area (Å²) < 4.78 is 5.11. The lowest BCUT2D eigenvalue weighted by Gasteiger charge is -2.20. The number of carbonyl (C=O) groups is 1. The molecule has 1 amide bonds. The Morgan fingerprint density at radius 2 is 2.00 bits per heavy atom. The van der Waals surface area contributed by atoms with Gasteiger partial charge in [-0.3, -0.25) is 4.79 Å². The van der Waals surface area contributed by atoms with Crippen molar-refractivity contribution < 1.29 is 9.53 Å². The molecular formula is C15H24N2O2. The summed E-state index contributed by atoms with van der Waals surface area (Å²) in [6.45, 7) is 5.59. The summed E-state index contributed by atoms with van der Waals surface area (Å²) in [5.41, 5.74) is 1.10. The van der Waals surface area contributed by atoms with E-state index in [1.54, 1.807) is 12.0 Å². The third kappa shape index (κ3) is 5.30. The van der Waals surface area contributed by atoms with Gasteiger partial charge in [-0.25, -0.2) is 0 Å². The third-order valence-electron chi connectivity index (χ3n) is 3.04. The average Bonchev–Trinajstić information content (AvgIpc) is 2.39. The average molecular weight is 264 g/mol. The summed E-state index contributed by atoms with van der Waals surface area (Å²) >= 11 is 0. The van der Waals surface area contributed by atoms with E-state index in [1.807, 2.05) is 45.2 Å². The highest BCUT2D eigenvalue weighted by atomic mass is 16.5. The fourth-order valence-corrected chi connectivity index (χ4v) is 1.93. The Balaban J connectivity index is 2.48. The van der Waals surface area contributed by atoms with Gasteiger partial charge < -0.3 is 15.0 Å². The van der Waals surface area contributed by atoms with E-state index in [0.29, 0.717) is 13.0 Å². The molecule has 0 aromatic heterocycles. The molecule has 1 unspecified atom stereocenters. The number of hydrogen-bond donors (Lipinski definition) is 1. The molecule has 1 aromatic carbocycles. The molecule has 0 aliphatic carbocycles. The Morgan fingerprint density at radius 3 is 2.53 bits per heavy atom. The second-order valence-corrected chi connectivity index (χ2v) is 4.76. The van der Waals surface area contributed by atoms with E-state index in [9.17, 15) is 4.79 Å². The molecule has 1 N–H and O–H groups in total. The predicted octanol–water partition coefficient (Wildman–Crippen LogP) is 2.04. The molecule has 106 valence electrons. The van der Waals surface area contributed by atoms with Crippen LogP contribution in [0.2, 0.25) is 0 Å². The molecule has 0 bridgehead atoms. The molecule has 4 nitrogen and oxygen atoms in total. The van der Waals surface area contributed by atoms with Crippen LogP contribution in [-0.4, -0.2) is 37.6 Å². The van der Waals surface area contributed by atoms with Gasteiger partial charge >= 0.3 is 0 Å². The summed E-state index contributed by atoms with van der Waals surface area (Å²) in [5.74, 6) is 0.989. The molecule has 1 aromatic rings. The lowest BCUT2D eigenvalue weighted by molar-refractivity contribution is -0.130. The lowest BCUT2D eigenvalue weighted by Crippen LogP contribution is -2.34. The van der Waals surface area contributed by atoms with Crippen molar-refractivity contribution in [3.05, 3.63) is 29.8 Å². The fourth-order valence-electron chi connectivity index (χ4n) is 1.93. The van der Waals surface area contributed by atoms with Gasteiger partial charge in [-0.05, 0) is 31.2 Å². The second kappa shape index (κ2) is 7.79. The van der Waals surface area contributed by atoms with Crippen molar-refractivity contribution in [2.75, 3.05) is 20.7 Å². The normalized spacial score (nSPS) is 12.0. The highest BCUT2D eigenvalue weighted by Crippen LogP contribution is 2.13. The van der Waals surface area contributed by atoms with Gasteiger partial charge in [0.15, 0.2) is 0 Å². The van der Waals surface area contributed by atoms with Gasteiger partial charge in [-0.2, -0.15) is 0 Å². The minimum atomic E-state index is 0.157. The highest BCUT2D eigenvalue weighted by molar-refractivity contribution is 5.76. The van der Waals surface area contributed by atoms with Crippen LogP contribution in [0.3, 0.4) is 0 Å². The van der Waals surface area contributed by atoms with Crippen molar-refractivity contribution in [3.8, 4) is 5.75 Å². The van der Waals surface area contributed by atoms with E-state index in [-0.39, 0.29) is 11.9 Å². The Kier molecular flexibility index (Phi) is 6.36. The molecule has 0 aliphatic rings. The zero-order valence-electron chi connectivity index (χ0n) is 12.3. The van der Waals surface area contributed by atoms with Gasteiger partial charge in [0.05, 0.1) is 7.11 Å². The first-order chi connectivity index (χ1) is 9.06. The van der Waals surface area contributed by atoms with Crippen LogP contribution in [0.5, 0.6) is 5.75 Å².